The van der Waals surface area contributed by atoms with E-state index < -0.39 is 0 Å². The highest BCUT2D eigenvalue weighted by atomic mass is 14.5. The van der Waals surface area contributed by atoms with Gasteiger partial charge in [-0.1, -0.05) is 26.7 Å². The average molecular weight is 114 g/mol. The Bertz CT molecular complexity index is 39.7. The zero-order valence-corrected chi connectivity index (χ0v) is 5.91. The fraction of sp³-hybridized carbons (Fsp3) is 1.00. The molecule has 0 aliphatic rings. The van der Waals surface area contributed by atoms with Crippen LogP contribution in [0.2, 0.25) is 0 Å². The molecule has 0 aliphatic heterocycles. The molecule has 49 valence electrons. The average Bonchev–Trinajstić information content (AvgIpc) is 1.83. The van der Waals surface area contributed by atoms with Crippen LogP contribution in [0.15, 0.2) is 0 Å². The van der Waals surface area contributed by atoms with Crippen LogP contribution in [0.4, 0.5) is 0 Å². The first-order chi connectivity index (χ1) is 3.85. The maximum Gasteiger partial charge on any atom is 0.0102 e. The van der Waals surface area contributed by atoms with Gasteiger partial charge in [0.15, 0.2) is 0 Å². The van der Waals surface area contributed by atoms with Crippen LogP contribution >= 0.6 is 0 Å². The summed E-state index contributed by atoms with van der Waals surface area (Å²) in [6.07, 6.45) is 3.58. The van der Waals surface area contributed by atoms with Crippen molar-refractivity contribution in [3.05, 3.63) is 0 Å². The Balaban J connectivity index is 3.07. The Labute approximate surface area is 52.3 Å². The lowest BCUT2D eigenvalue weighted by molar-refractivity contribution is 0.460. The van der Waals surface area contributed by atoms with E-state index in [0.29, 0.717) is 6.54 Å². The molecule has 8 heavy (non-hydrogen) atoms. The molecule has 0 rings (SSSR count). The molecule has 0 aromatic heterocycles. The first kappa shape index (κ1) is 7.96. The maximum atomic E-state index is 6.94. The summed E-state index contributed by atoms with van der Waals surface area (Å²) in [5.74, 6) is 0.812. The molecule has 1 radical (unpaired) electrons. The van der Waals surface area contributed by atoms with Gasteiger partial charge in [-0.3, -0.25) is 5.73 Å². The summed E-state index contributed by atoms with van der Waals surface area (Å²) in [5, 5.41) is 0. The minimum absolute atomic E-state index is 0.604. The van der Waals surface area contributed by atoms with Crippen LogP contribution in [0.1, 0.15) is 33.1 Å². The SMILES string of the molecule is CCC(CC)CC[NH]. The van der Waals surface area contributed by atoms with Crippen molar-refractivity contribution in [2.24, 2.45) is 5.92 Å². The first-order valence-corrected chi connectivity index (χ1v) is 3.49. The Kier molecular flexibility index (Phi) is 5.08. The summed E-state index contributed by atoms with van der Waals surface area (Å²) in [6.45, 7) is 5.00. The van der Waals surface area contributed by atoms with Crippen LogP contribution in [0.3, 0.4) is 0 Å². The van der Waals surface area contributed by atoms with Crippen molar-refractivity contribution in [2.45, 2.75) is 33.1 Å². The standard InChI is InChI=1S/C7H16N/c1-3-7(4-2)5-6-8/h7-8H,3-6H2,1-2H3. The summed E-state index contributed by atoms with van der Waals surface area (Å²) < 4.78 is 0. The largest absolute Gasteiger partial charge is 0.258 e. The second-order valence-corrected chi connectivity index (χ2v) is 2.22. The molecule has 0 unspecified atom stereocenters. The van der Waals surface area contributed by atoms with Gasteiger partial charge in [0.25, 0.3) is 0 Å². The van der Waals surface area contributed by atoms with E-state index in [1.165, 1.54) is 12.8 Å². The van der Waals surface area contributed by atoms with Gasteiger partial charge in [0.2, 0.25) is 0 Å². The number of hydrogen-bond acceptors (Lipinski definition) is 0. The first-order valence-electron chi connectivity index (χ1n) is 3.49. The van der Waals surface area contributed by atoms with Crippen molar-refractivity contribution in [2.75, 3.05) is 6.54 Å². The molecule has 0 bridgehead atoms. The molecule has 0 saturated carbocycles. The van der Waals surface area contributed by atoms with Crippen molar-refractivity contribution in [3.8, 4) is 0 Å². The smallest absolute Gasteiger partial charge is 0.0102 e. The minimum atomic E-state index is 0.604. The predicted octanol–water partition coefficient (Wildman–Crippen LogP) is 2.10. The molecule has 0 aromatic rings. The third-order valence-electron chi connectivity index (χ3n) is 1.71. The molecule has 0 aliphatic carbocycles. The molecule has 1 nitrogen and oxygen atoms in total. The van der Waals surface area contributed by atoms with Gasteiger partial charge < -0.3 is 0 Å². The van der Waals surface area contributed by atoms with Crippen LogP contribution in [-0.2, 0) is 0 Å². The predicted molar refractivity (Wildman–Crippen MR) is 36.7 cm³/mol. The summed E-state index contributed by atoms with van der Waals surface area (Å²) in [7, 11) is 0. The van der Waals surface area contributed by atoms with Crippen molar-refractivity contribution in [1.82, 2.24) is 5.73 Å². The lowest BCUT2D eigenvalue weighted by Crippen LogP contribution is -1.99. The lowest BCUT2D eigenvalue weighted by atomic mass is 10.00. The monoisotopic (exact) mass is 114 g/mol. The summed E-state index contributed by atoms with van der Waals surface area (Å²) in [5.41, 5.74) is 6.94. The maximum absolute atomic E-state index is 6.94. The second kappa shape index (κ2) is 5.10. The van der Waals surface area contributed by atoms with E-state index >= 15 is 0 Å². The third kappa shape index (κ3) is 3.03. The van der Waals surface area contributed by atoms with Gasteiger partial charge in [-0.15, -0.1) is 0 Å². The van der Waals surface area contributed by atoms with Crippen LogP contribution in [0, 0.1) is 5.92 Å². The highest BCUT2D eigenvalue weighted by molar-refractivity contribution is 4.53. The fourth-order valence-electron chi connectivity index (χ4n) is 0.901. The van der Waals surface area contributed by atoms with Gasteiger partial charge in [-0.25, -0.2) is 0 Å². The van der Waals surface area contributed by atoms with Gasteiger partial charge in [0.1, 0.15) is 0 Å². The zero-order valence-electron chi connectivity index (χ0n) is 5.91. The van der Waals surface area contributed by atoms with Crippen molar-refractivity contribution < 1.29 is 0 Å². The van der Waals surface area contributed by atoms with Crippen LogP contribution in [0.5, 0.6) is 0 Å². The van der Waals surface area contributed by atoms with Crippen molar-refractivity contribution in [3.63, 3.8) is 0 Å². The number of nitrogens with one attached hydrogen (secondary N) is 1. The molecule has 0 heterocycles. The zero-order chi connectivity index (χ0) is 6.41. The summed E-state index contributed by atoms with van der Waals surface area (Å²) in [4.78, 5) is 0. The molecule has 0 aromatic carbocycles. The van der Waals surface area contributed by atoms with E-state index in [1.54, 1.807) is 0 Å². The molecule has 1 N–H and O–H groups in total. The fourth-order valence-corrected chi connectivity index (χ4v) is 0.901. The molecule has 1 heteroatoms. The normalized spacial score (nSPS) is 10.5. The summed E-state index contributed by atoms with van der Waals surface area (Å²) in [6, 6.07) is 0. The second-order valence-electron chi connectivity index (χ2n) is 2.22. The van der Waals surface area contributed by atoms with Crippen molar-refractivity contribution >= 4 is 0 Å². The Morgan fingerprint density at radius 2 is 1.75 bits per heavy atom. The highest BCUT2D eigenvalue weighted by Crippen LogP contribution is 2.10. The highest BCUT2D eigenvalue weighted by Gasteiger charge is 1.99. The Hall–Kier alpha value is -0.0400. The minimum Gasteiger partial charge on any atom is -0.258 e. The van der Waals surface area contributed by atoms with Gasteiger partial charge in [0, 0.05) is 6.54 Å². The van der Waals surface area contributed by atoms with Crippen LogP contribution in [-0.4, -0.2) is 6.54 Å². The number of hydrogen-bond donors (Lipinski definition) is 0. The van der Waals surface area contributed by atoms with Crippen molar-refractivity contribution in [1.29, 1.82) is 0 Å². The molecular formula is C7H16N. The third-order valence-corrected chi connectivity index (χ3v) is 1.71. The van der Waals surface area contributed by atoms with E-state index in [2.05, 4.69) is 13.8 Å². The molecule has 0 fully saturated rings. The Morgan fingerprint density at radius 1 is 1.25 bits per heavy atom. The Morgan fingerprint density at radius 3 is 1.88 bits per heavy atom. The molecule has 0 amide bonds. The molecular weight excluding hydrogens is 98.1 g/mol. The van der Waals surface area contributed by atoms with Gasteiger partial charge in [0.05, 0.1) is 0 Å². The van der Waals surface area contributed by atoms with E-state index in [9.17, 15) is 0 Å². The van der Waals surface area contributed by atoms with Gasteiger partial charge in [-0.05, 0) is 12.3 Å². The van der Waals surface area contributed by atoms with Gasteiger partial charge >= 0.3 is 0 Å². The quantitative estimate of drug-likeness (QED) is 0.534. The molecule has 0 saturated heterocycles. The van der Waals surface area contributed by atoms with E-state index in [1.807, 2.05) is 0 Å². The molecule has 0 atom stereocenters. The van der Waals surface area contributed by atoms with E-state index in [-0.39, 0.29) is 0 Å². The van der Waals surface area contributed by atoms with E-state index in [0.717, 1.165) is 12.3 Å². The number of rotatable bonds is 4. The van der Waals surface area contributed by atoms with Crippen LogP contribution in [0.25, 0.3) is 0 Å². The molecule has 0 spiro atoms. The van der Waals surface area contributed by atoms with E-state index in [4.69, 9.17) is 5.73 Å². The van der Waals surface area contributed by atoms with Crippen LogP contribution < -0.4 is 5.73 Å². The summed E-state index contributed by atoms with van der Waals surface area (Å²) >= 11 is 0. The van der Waals surface area contributed by atoms with Gasteiger partial charge in [-0.2, -0.15) is 0 Å². The lowest BCUT2D eigenvalue weighted by Gasteiger charge is -2.07. The topological polar surface area (TPSA) is 23.8 Å².